The molecule has 0 aliphatic heterocycles. The number of aliphatic imine (C=N–C) groups is 1. The summed E-state index contributed by atoms with van der Waals surface area (Å²) in [6.07, 6.45) is 4.89. The summed E-state index contributed by atoms with van der Waals surface area (Å²) in [5, 5.41) is 15.0. The average molecular weight is 448 g/mol. The molecule has 0 saturated carbocycles. The predicted octanol–water partition coefficient (Wildman–Crippen LogP) is 2.20. The number of aromatic nitrogens is 3. The van der Waals surface area contributed by atoms with Gasteiger partial charge in [0, 0.05) is 37.5 Å². The molecule has 0 saturated heterocycles. The Bertz CT molecular complexity index is 640. The van der Waals surface area contributed by atoms with Crippen LogP contribution in [0.1, 0.15) is 19.7 Å². The first-order chi connectivity index (χ1) is 10.6. The largest absolute Gasteiger partial charge is 0.356 e. The molecule has 0 bridgehead atoms. The molecule has 2 aromatic rings. The molecule has 0 unspecified atom stereocenters. The van der Waals surface area contributed by atoms with Gasteiger partial charge in [-0.15, -0.1) is 34.2 Å². The average Bonchev–Trinajstić information content (AvgIpc) is 2.94. The number of fused-ring (bicyclic) bond motifs is 1. The maximum absolute atomic E-state index is 4.25. The van der Waals surface area contributed by atoms with Gasteiger partial charge in [0.1, 0.15) is 5.82 Å². The fraction of sp³-hybridized carbons (Fsp3) is 0.533. The zero-order chi connectivity index (χ0) is 16.0. The van der Waals surface area contributed by atoms with Crippen molar-refractivity contribution in [3.8, 4) is 0 Å². The van der Waals surface area contributed by atoms with Crippen LogP contribution < -0.4 is 10.6 Å². The maximum atomic E-state index is 4.25. The van der Waals surface area contributed by atoms with Crippen LogP contribution in [0.2, 0.25) is 0 Å². The van der Waals surface area contributed by atoms with Crippen LogP contribution in [0, 0.1) is 0 Å². The number of hydrogen-bond donors (Lipinski definition) is 2. The van der Waals surface area contributed by atoms with Crippen LogP contribution in [0.4, 0.5) is 0 Å². The third-order valence-corrected chi connectivity index (χ3v) is 4.73. The van der Waals surface area contributed by atoms with E-state index in [1.807, 2.05) is 40.6 Å². The molecule has 0 aliphatic carbocycles. The highest BCUT2D eigenvalue weighted by molar-refractivity contribution is 14.0. The van der Waals surface area contributed by atoms with Crippen molar-refractivity contribution in [2.75, 3.05) is 26.4 Å². The first kappa shape index (κ1) is 20.0. The molecule has 2 rings (SSSR count). The molecule has 2 aromatic heterocycles. The Morgan fingerprint density at radius 3 is 2.78 bits per heavy atom. The Morgan fingerprint density at radius 1 is 1.30 bits per heavy atom. The van der Waals surface area contributed by atoms with Crippen molar-refractivity contribution in [2.24, 2.45) is 4.99 Å². The monoisotopic (exact) mass is 448 g/mol. The number of thioether (sulfide) groups is 1. The first-order valence-electron chi connectivity index (χ1n) is 7.34. The number of nitrogens with zero attached hydrogens (tertiary/aromatic N) is 4. The number of nitrogens with one attached hydrogen (secondary N) is 2. The predicted molar refractivity (Wildman–Crippen MR) is 109 cm³/mol. The number of guanidine groups is 1. The molecule has 8 heteroatoms. The van der Waals surface area contributed by atoms with E-state index in [2.05, 4.69) is 45.9 Å². The van der Waals surface area contributed by atoms with Gasteiger partial charge in [0.2, 0.25) is 0 Å². The normalized spacial score (nSPS) is 12.1. The van der Waals surface area contributed by atoms with Crippen molar-refractivity contribution >= 4 is 47.3 Å². The highest BCUT2D eigenvalue weighted by Gasteiger charge is 2.16. The molecule has 0 aromatic carbocycles. The summed E-state index contributed by atoms with van der Waals surface area (Å²) in [5.74, 6) is 1.76. The van der Waals surface area contributed by atoms with Gasteiger partial charge in [-0.1, -0.05) is 6.07 Å². The standard InChI is InChI=1S/C15H24N6S.HI/c1-15(2,22-4)11-18-14(16-3)17-9-8-13-20-19-12-7-5-6-10-21(12)13;/h5-7,10H,8-9,11H2,1-4H3,(H2,16,17,18);1H. The van der Waals surface area contributed by atoms with Gasteiger partial charge >= 0.3 is 0 Å². The van der Waals surface area contributed by atoms with E-state index in [1.165, 1.54) is 0 Å². The van der Waals surface area contributed by atoms with Gasteiger partial charge in [0.15, 0.2) is 11.6 Å². The number of pyridine rings is 1. The fourth-order valence-electron chi connectivity index (χ4n) is 1.94. The van der Waals surface area contributed by atoms with Gasteiger partial charge in [-0.3, -0.25) is 9.39 Å². The summed E-state index contributed by atoms with van der Waals surface area (Å²) >= 11 is 1.84. The lowest BCUT2D eigenvalue weighted by Gasteiger charge is -2.23. The smallest absolute Gasteiger partial charge is 0.191 e. The van der Waals surface area contributed by atoms with Crippen molar-refractivity contribution in [3.63, 3.8) is 0 Å². The van der Waals surface area contributed by atoms with Gasteiger partial charge in [0.05, 0.1) is 0 Å². The van der Waals surface area contributed by atoms with E-state index in [9.17, 15) is 0 Å². The van der Waals surface area contributed by atoms with Crippen LogP contribution in [-0.2, 0) is 6.42 Å². The molecule has 23 heavy (non-hydrogen) atoms. The minimum absolute atomic E-state index is 0. The number of halogens is 1. The summed E-state index contributed by atoms with van der Waals surface area (Å²) in [6, 6.07) is 5.90. The van der Waals surface area contributed by atoms with Crippen molar-refractivity contribution < 1.29 is 0 Å². The van der Waals surface area contributed by atoms with Gasteiger partial charge in [-0.05, 0) is 32.2 Å². The minimum atomic E-state index is 0. The van der Waals surface area contributed by atoms with E-state index >= 15 is 0 Å². The Hall–Kier alpha value is -1.03. The summed E-state index contributed by atoms with van der Waals surface area (Å²) < 4.78 is 2.19. The summed E-state index contributed by atoms with van der Waals surface area (Å²) in [4.78, 5) is 4.25. The molecule has 0 radical (unpaired) electrons. The van der Waals surface area contributed by atoms with Crippen LogP contribution in [0.15, 0.2) is 29.4 Å². The topological polar surface area (TPSA) is 66.6 Å². The zero-order valence-corrected chi connectivity index (χ0v) is 17.2. The fourth-order valence-corrected chi connectivity index (χ4v) is 2.16. The molecule has 0 amide bonds. The summed E-state index contributed by atoms with van der Waals surface area (Å²) in [5.41, 5.74) is 0.877. The van der Waals surface area contributed by atoms with E-state index in [0.717, 1.165) is 36.9 Å². The lowest BCUT2D eigenvalue weighted by Crippen LogP contribution is -2.43. The molecule has 0 spiro atoms. The van der Waals surface area contributed by atoms with Crippen molar-refractivity contribution in [2.45, 2.75) is 25.0 Å². The Balaban J connectivity index is 0.00000264. The highest BCUT2D eigenvalue weighted by atomic mass is 127. The Morgan fingerprint density at radius 2 is 2.09 bits per heavy atom. The second-order valence-corrected chi connectivity index (χ2v) is 7.12. The molecule has 0 atom stereocenters. The van der Waals surface area contributed by atoms with Crippen molar-refractivity contribution in [1.29, 1.82) is 0 Å². The molecular formula is C15H25IN6S. The molecule has 0 aliphatic rings. The van der Waals surface area contributed by atoms with Gasteiger partial charge in [-0.25, -0.2) is 0 Å². The maximum Gasteiger partial charge on any atom is 0.191 e. The van der Waals surface area contributed by atoms with Gasteiger partial charge < -0.3 is 10.6 Å². The quantitative estimate of drug-likeness (QED) is 0.403. The number of rotatable bonds is 6. The number of hydrogen-bond acceptors (Lipinski definition) is 4. The van der Waals surface area contributed by atoms with E-state index in [1.54, 1.807) is 7.05 Å². The molecule has 2 N–H and O–H groups in total. The minimum Gasteiger partial charge on any atom is -0.356 e. The molecule has 2 heterocycles. The second kappa shape index (κ2) is 9.31. The SMILES string of the molecule is CN=C(NCCc1nnc2ccccn12)NCC(C)(C)SC.I. The van der Waals surface area contributed by atoms with Crippen LogP contribution in [0.25, 0.3) is 5.65 Å². The second-order valence-electron chi connectivity index (χ2n) is 5.61. The lowest BCUT2D eigenvalue weighted by molar-refractivity contribution is 0.662. The van der Waals surface area contributed by atoms with Crippen LogP contribution in [-0.4, -0.2) is 51.7 Å². The van der Waals surface area contributed by atoms with E-state index < -0.39 is 0 Å². The van der Waals surface area contributed by atoms with E-state index in [4.69, 9.17) is 0 Å². The highest BCUT2D eigenvalue weighted by Crippen LogP contribution is 2.19. The third-order valence-electron chi connectivity index (χ3n) is 3.48. The van der Waals surface area contributed by atoms with Gasteiger partial charge in [0.25, 0.3) is 0 Å². The van der Waals surface area contributed by atoms with Crippen molar-refractivity contribution in [3.05, 3.63) is 30.2 Å². The first-order valence-corrected chi connectivity index (χ1v) is 8.56. The lowest BCUT2D eigenvalue weighted by atomic mass is 10.2. The molecule has 0 fully saturated rings. The van der Waals surface area contributed by atoms with E-state index in [0.29, 0.717) is 0 Å². The molecule has 128 valence electrons. The summed E-state index contributed by atoms with van der Waals surface area (Å²) in [6.45, 7) is 6.04. The molecular weight excluding hydrogens is 423 g/mol. The summed E-state index contributed by atoms with van der Waals surface area (Å²) in [7, 11) is 1.79. The Labute approximate surface area is 159 Å². The van der Waals surface area contributed by atoms with Crippen LogP contribution >= 0.6 is 35.7 Å². The van der Waals surface area contributed by atoms with Crippen LogP contribution in [0.3, 0.4) is 0 Å². The van der Waals surface area contributed by atoms with Crippen LogP contribution in [0.5, 0.6) is 0 Å². The third kappa shape index (κ3) is 5.83. The van der Waals surface area contributed by atoms with E-state index in [-0.39, 0.29) is 28.7 Å². The zero-order valence-electron chi connectivity index (χ0n) is 14.0. The van der Waals surface area contributed by atoms with Crippen molar-refractivity contribution in [1.82, 2.24) is 25.2 Å². The Kier molecular flexibility index (Phi) is 8.10. The van der Waals surface area contributed by atoms with Gasteiger partial charge in [-0.2, -0.15) is 11.8 Å². The molecule has 6 nitrogen and oxygen atoms in total.